The van der Waals surface area contributed by atoms with E-state index in [1.165, 1.54) is 12.3 Å². The Hall–Kier alpha value is -5.06. The highest BCUT2D eigenvalue weighted by Crippen LogP contribution is 2.23. The summed E-state index contributed by atoms with van der Waals surface area (Å²) in [6, 6.07) is 10.6. The minimum absolute atomic E-state index is 0.262. The third-order valence-corrected chi connectivity index (χ3v) is 5.98. The van der Waals surface area contributed by atoms with Crippen LogP contribution < -0.4 is 10.6 Å². The van der Waals surface area contributed by atoms with Crippen LogP contribution in [0.4, 0.5) is 16.0 Å². The van der Waals surface area contributed by atoms with Crippen LogP contribution in [0, 0.1) is 33.5 Å². The van der Waals surface area contributed by atoms with Crippen molar-refractivity contribution >= 4 is 17.5 Å². The van der Waals surface area contributed by atoms with Crippen molar-refractivity contribution < 1.29 is 9.18 Å². The first-order valence-electron chi connectivity index (χ1n) is 12.2. The van der Waals surface area contributed by atoms with E-state index < -0.39 is 5.82 Å². The summed E-state index contributed by atoms with van der Waals surface area (Å²) in [6.45, 7) is 7.68. The van der Waals surface area contributed by atoms with Gasteiger partial charge in [-0.25, -0.2) is 14.4 Å². The predicted molar refractivity (Wildman–Crippen MR) is 145 cm³/mol. The lowest BCUT2D eigenvalue weighted by molar-refractivity contribution is 0.0945. The number of aryl methyl sites for hydroxylation is 4. The van der Waals surface area contributed by atoms with Gasteiger partial charge in [-0.1, -0.05) is 6.07 Å². The van der Waals surface area contributed by atoms with E-state index in [-0.39, 0.29) is 12.5 Å². The van der Waals surface area contributed by atoms with E-state index in [4.69, 9.17) is 0 Å². The fourth-order valence-corrected chi connectivity index (χ4v) is 4.03. The quantitative estimate of drug-likeness (QED) is 0.278. The van der Waals surface area contributed by atoms with Crippen LogP contribution in [0.3, 0.4) is 0 Å². The summed E-state index contributed by atoms with van der Waals surface area (Å²) in [6.07, 6.45) is 4.41. The largest absolute Gasteiger partial charge is 0.347 e. The van der Waals surface area contributed by atoms with Crippen LogP contribution in [0.1, 0.15) is 38.7 Å². The van der Waals surface area contributed by atoms with E-state index in [1.807, 2.05) is 45.0 Å². The van der Waals surface area contributed by atoms with Crippen molar-refractivity contribution in [3.63, 3.8) is 0 Å². The van der Waals surface area contributed by atoms with Crippen molar-refractivity contribution in [2.45, 2.75) is 34.2 Å². The van der Waals surface area contributed by atoms with Gasteiger partial charge in [-0.2, -0.15) is 5.10 Å². The summed E-state index contributed by atoms with van der Waals surface area (Å²) in [4.78, 5) is 34.8. The molecule has 5 heterocycles. The molecular formula is C28H26FN9O. The lowest BCUT2D eigenvalue weighted by Crippen LogP contribution is -2.24. The summed E-state index contributed by atoms with van der Waals surface area (Å²) < 4.78 is 13.6. The monoisotopic (exact) mass is 523 g/mol. The molecule has 5 aromatic heterocycles. The average Bonchev–Trinajstić information content (AvgIpc) is 3.32. The minimum atomic E-state index is -0.419. The van der Waals surface area contributed by atoms with Crippen LogP contribution in [0.5, 0.6) is 0 Å². The van der Waals surface area contributed by atoms with Gasteiger partial charge in [-0.3, -0.25) is 24.8 Å². The lowest BCUT2D eigenvalue weighted by atomic mass is 10.1. The Morgan fingerprint density at radius 1 is 0.923 bits per heavy atom. The highest BCUT2D eigenvalue weighted by Gasteiger charge is 2.14. The molecule has 0 unspecified atom stereocenters. The number of nitrogens with zero attached hydrogens (tertiary/aromatic N) is 6. The van der Waals surface area contributed by atoms with Gasteiger partial charge in [0.15, 0.2) is 11.6 Å². The molecule has 0 bridgehead atoms. The number of anilines is 2. The first-order chi connectivity index (χ1) is 18.7. The highest BCUT2D eigenvalue weighted by atomic mass is 19.1. The van der Waals surface area contributed by atoms with Crippen molar-refractivity contribution in [1.82, 2.24) is 40.4 Å². The second-order valence-electron chi connectivity index (χ2n) is 9.19. The van der Waals surface area contributed by atoms with Crippen molar-refractivity contribution in [2.24, 2.45) is 0 Å². The first-order valence-corrected chi connectivity index (χ1v) is 12.2. The highest BCUT2D eigenvalue weighted by molar-refractivity contribution is 5.94. The number of rotatable bonds is 7. The Morgan fingerprint density at radius 2 is 1.77 bits per heavy atom. The molecule has 0 fully saturated rings. The van der Waals surface area contributed by atoms with Crippen molar-refractivity contribution in [3.05, 3.63) is 94.7 Å². The Kier molecular flexibility index (Phi) is 7.04. The Balaban J connectivity index is 1.27. The number of carbonyl (C=O) groups excluding carboxylic acids is 1. The summed E-state index contributed by atoms with van der Waals surface area (Å²) in [7, 11) is 0. The van der Waals surface area contributed by atoms with E-state index >= 15 is 0 Å². The molecule has 196 valence electrons. The molecule has 0 atom stereocenters. The SMILES string of the molecule is Cc1cc(Nc2cc(C)[nH]n2)nc(-c2cnc(C(=O)NCc3ccc(-c4cc(F)cnc4C)nc3)c(C)c2)n1. The van der Waals surface area contributed by atoms with Crippen molar-refractivity contribution in [3.8, 4) is 22.6 Å². The summed E-state index contributed by atoms with van der Waals surface area (Å²) in [5, 5.41) is 13.1. The standard InChI is InChI=1S/C28H26FN9O/c1-15-7-20(27-34-16(2)8-24(36-27)35-25-9-17(3)37-38-25)13-32-26(15)28(39)33-12-19-5-6-23(31-11-19)22-10-21(29)14-30-18(22)4/h5-11,13-14H,12H2,1-4H3,(H,33,39)(H2,34,35,36,37,38). The van der Waals surface area contributed by atoms with Crippen LogP contribution >= 0.6 is 0 Å². The van der Waals surface area contributed by atoms with Gasteiger partial charge >= 0.3 is 0 Å². The minimum Gasteiger partial charge on any atom is -0.347 e. The Bertz CT molecular complexity index is 1660. The first kappa shape index (κ1) is 25.6. The molecule has 0 aliphatic carbocycles. The van der Waals surface area contributed by atoms with Crippen molar-refractivity contribution in [1.29, 1.82) is 0 Å². The molecule has 10 nitrogen and oxygen atoms in total. The number of aromatic amines is 1. The summed E-state index contributed by atoms with van der Waals surface area (Å²) >= 11 is 0. The molecule has 39 heavy (non-hydrogen) atoms. The number of hydrogen-bond acceptors (Lipinski definition) is 8. The number of hydrogen-bond donors (Lipinski definition) is 3. The molecular weight excluding hydrogens is 497 g/mol. The second kappa shape index (κ2) is 10.7. The van der Waals surface area contributed by atoms with Gasteiger partial charge in [-0.05, 0) is 57.0 Å². The number of nitrogens with one attached hydrogen (secondary N) is 3. The zero-order valence-electron chi connectivity index (χ0n) is 21.9. The van der Waals surface area contributed by atoms with Crippen LogP contribution in [0.2, 0.25) is 0 Å². The number of aromatic nitrogens is 7. The van der Waals surface area contributed by atoms with E-state index in [1.54, 1.807) is 25.4 Å². The molecule has 1 amide bonds. The number of pyridine rings is 3. The molecule has 5 rings (SSSR count). The van der Waals surface area contributed by atoms with E-state index in [2.05, 4.69) is 45.8 Å². The smallest absolute Gasteiger partial charge is 0.270 e. The average molecular weight is 524 g/mol. The molecule has 3 N–H and O–H groups in total. The lowest BCUT2D eigenvalue weighted by Gasteiger charge is -2.10. The molecule has 0 aliphatic heterocycles. The van der Waals surface area contributed by atoms with E-state index in [9.17, 15) is 9.18 Å². The van der Waals surface area contributed by atoms with Crippen LogP contribution in [-0.4, -0.2) is 41.0 Å². The Labute approximate surface area is 224 Å². The zero-order valence-corrected chi connectivity index (χ0v) is 21.9. The molecule has 0 aromatic carbocycles. The van der Waals surface area contributed by atoms with E-state index in [0.29, 0.717) is 51.2 Å². The topological polar surface area (TPSA) is 134 Å². The fraction of sp³-hybridized carbons (Fsp3) is 0.179. The van der Waals surface area contributed by atoms with Gasteiger partial charge in [-0.15, -0.1) is 0 Å². The second-order valence-corrected chi connectivity index (χ2v) is 9.19. The molecule has 0 spiro atoms. The van der Waals surface area contributed by atoms with Gasteiger partial charge in [0.2, 0.25) is 0 Å². The number of H-pyrrole nitrogens is 1. The van der Waals surface area contributed by atoms with Crippen LogP contribution in [0.25, 0.3) is 22.6 Å². The molecule has 0 saturated heterocycles. The normalized spacial score (nSPS) is 10.9. The maximum Gasteiger partial charge on any atom is 0.270 e. The summed E-state index contributed by atoms with van der Waals surface area (Å²) in [5.41, 5.74) is 6.12. The van der Waals surface area contributed by atoms with Gasteiger partial charge in [0.1, 0.15) is 17.3 Å². The van der Waals surface area contributed by atoms with Gasteiger partial charge in [0, 0.05) is 59.3 Å². The molecule has 11 heteroatoms. The number of halogens is 1. The third-order valence-electron chi connectivity index (χ3n) is 5.98. The van der Waals surface area contributed by atoms with Crippen LogP contribution in [-0.2, 0) is 6.54 Å². The molecule has 0 radical (unpaired) electrons. The maximum absolute atomic E-state index is 13.6. The predicted octanol–water partition coefficient (Wildman–Crippen LogP) is 4.77. The van der Waals surface area contributed by atoms with Crippen LogP contribution in [0.15, 0.2) is 55.0 Å². The fourth-order valence-electron chi connectivity index (χ4n) is 4.03. The molecule has 5 aromatic rings. The number of amides is 1. The summed E-state index contributed by atoms with van der Waals surface area (Å²) in [5.74, 6) is 1.02. The van der Waals surface area contributed by atoms with E-state index in [0.717, 1.165) is 17.0 Å². The number of carbonyl (C=O) groups is 1. The molecule has 0 saturated carbocycles. The van der Waals surface area contributed by atoms with Gasteiger partial charge in [0.25, 0.3) is 5.91 Å². The zero-order chi connectivity index (χ0) is 27.5. The Morgan fingerprint density at radius 3 is 2.49 bits per heavy atom. The third kappa shape index (κ3) is 5.93. The van der Waals surface area contributed by atoms with Gasteiger partial charge in [0.05, 0.1) is 11.9 Å². The molecule has 0 aliphatic rings. The maximum atomic E-state index is 13.6. The van der Waals surface area contributed by atoms with Crippen molar-refractivity contribution in [2.75, 3.05) is 5.32 Å². The van der Waals surface area contributed by atoms with Gasteiger partial charge < -0.3 is 10.6 Å².